The standard InChI is InChI=1S/C12H14Cl2N2O2/c1-18-5-4-16(8-2-3-8)12(17)9-6-11(14)15-7-10(9)13/h6-8H,2-5H2,1H3. The van der Waals surface area contributed by atoms with E-state index in [0.717, 1.165) is 12.8 Å². The van der Waals surface area contributed by atoms with E-state index in [9.17, 15) is 4.79 Å². The molecule has 6 heteroatoms. The summed E-state index contributed by atoms with van der Waals surface area (Å²) in [7, 11) is 1.62. The second-order valence-corrected chi connectivity index (χ2v) is 5.00. The Balaban J connectivity index is 2.19. The fraction of sp³-hybridized carbons (Fsp3) is 0.500. The van der Waals surface area contributed by atoms with Crippen LogP contribution in [0.15, 0.2) is 12.3 Å². The monoisotopic (exact) mass is 288 g/mol. The number of methoxy groups -OCH3 is 1. The topological polar surface area (TPSA) is 42.4 Å². The van der Waals surface area contributed by atoms with Gasteiger partial charge in [0, 0.05) is 25.9 Å². The van der Waals surface area contributed by atoms with Gasteiger partial charge in [-0.05, 0) is 18.9 Å². The van der Waals surface area contributed by atoms with Crippen LogP contribution in [0.25, 0.3) is 0 Å². The zero-order valence-electron chi connectivity index (χ0n) is 10.0. The molecule has 0 atom stereocenters. The van der Waals surface area contributed by atoms with E-state index in [1.807, 2.05) is 0 Å². The minimum atomic E-state index is -0.108. The maximum absolute atomic E-state index is 12.4. The Hall–Kier alpha value is -0.840. The van der Waals surface area contributed by atoms with Crippen molar-refractivity contribution in [3.8, 4) is 0 Å². The minimum Gasteiger partial charge on any atom is -0.383 e. The Morgan fingerprint density at radius 2 is 2.28 bits per heavy atom. The third kappa shape index (κ3) is 3.13. The Morgan fingerprint density at radius 3 is 2.89 bits per heavy atom. The molecule has 98 valence electrons. The molecule has 0 N–H and O–H groups in total. The van der Waals surface area contributed by atoms with Crippen LogP contribution in [0, 0.1) is 0 Å². The summed E-state index contributed by atoms with van der Waals surface area (Å²) in [5.74, 6) is -0.108. The molecular weight excluding hydrogens is 275 g/mol. The molecule has 1 aromatic rings. The summed E-state index contributed by atoms with van der Waals surface area (Å²) < 4.78 is 5.02. The molecule has 4 nitrogen and oxygen atoms in total. The van der Waals surface area contributed by atoms with Gasteiger partial charge in [0.1, 0.15) is 5.15 Å². The first-order chi connectivity index (χ1) is 8.63. The number of ether oxygens (including phenoxy) is 1. The molecule has 1 amide bonds. The zero-order chi connectivity index (χ0) is 13.1. The van der Waals surface area contributed by atoms with E-state index in [1.54, 1.807) is 12.0 Å². The lowest BCUT2D eigenvalue weighted by Gasteiger charge is -2.22. The Labute approximate surface area is 116 Å². The molecule has 2 rings (SSSR count). The number of aromatic nitrogens is 1. The van der Waals surface area contributed by atoms with Crippen molar-refractivity contribution in [3.63, 3.8) is 0 Å². The number of carbonyl (C=O) groups excluding carboxylic acids is 1. The fourth-order valence-electron chi connectivity index (χ4n) is 1.76. The van der Waals surface area contributed by atoms with Gasteiger partial charge in [0.15, 0.2) is 0 Å². The molecule has 1 saturated carbocycles. The number of hydrogen-bond acceptors (Lipinski definition) is 3. The summed E-state index contributed by atoms with van der Waals surface area (Å²) in [6.45, 7) is 1.08. The summed E-state index contributed by atoms with van der Waals surface area (Å²) in [6.07, 6.45) is 3.47. The quantitative estimate of drug-likeness (QED) is 0.783. The van der Waals surface area contributed by atoms with Crippen molar-refractivity contribution in [2.45, 2.75) is 18.9 Å². The molecular formula is C12H14Cl2N2O2. The Kier molecular flexibility index (Phi) is 4.43. The van der Waals surface area contributed by atoms with E-state index < -0.39 is 0 Å². The van der Waals surface area contributed by atoms with Gasteiger partial charge in [-0.2, -0.15) is 0 Å². The summed E-state index contributed by atoms with van der Waals surface area (Å²) in [5, 5.41) is 0.595. The van der Waals surface area contributed by atoms with E-state index in [4.69, 9.17) is 27.9 Å². The maximum atomic E-state index is 12.4. The molecule has 0 aliphatic heterocycles. The van der Waals surface area contributed by atoms with E-state index in [0.29, 0.717) is 29.8 Å². The average molecular weight is 289 g/mol. The molecule has 1 fully saturated rings. The highest BCUT2D eigenvalue weighted by atomic mass is 35.5. The lowest BCUT2D eigenvalue weighted by Crippen LogP contribution is -2.36. The molecule has 0 saturated heterocycles. The summed E-state index contributed by atoms with van der Waals surface area (Å²) in [6, 6.07) is 1.81. The molecule has 0 bridgehead atoms. The zero-order valence-corrected chi connectivity index (χ0v) is 11.5. The fourth-order valence-corrected chi connectivity index (χ4v) is 2.10. The third-order valence-corrected chi connectivity index (χ3v) is 3.35. The van der Waals surface area contributed by atoms with Crippen molar-refractivity contribution in [2.75, 3.05) is 20.3 Å². The van der Waals surface area contributed by atoms with Crippen LogP contribution in [0.2, 0.25) is 10.2 Å². The van der Waals surface area contributed by atoms with Gasteiger partial charge in [-0.15, -0.1) is 0 Å². The van der Waals surface area contributed by atoms with Crippen LogP contribution < -0.4 is 0 Å². The Morgan fingerprint density at radius 1 is 1.56 bits per heavy atom. The molecule has 1 aliphatic rings. The highest BCUT2D eigenvalue weighted by molar-refractivity contribution is 6.35. The van der Waals surface area contributed by atoms with Crippen molar-refractivity contribution in [2.24, 2.45) is 0 Å². The van der Waals surface area contributed by atoms with Gasteiger partial charge in [0.2, 0.25) is 0 Å². The smallest absolute Gasteiger partial charge is 0.255 e. The summed E-state index contributed by atoms with van der Waals surface area (Å²) in [5.41, 5.74) is 0.402. The predicted molar refractivity (Wildman–Crippen MR) is 70.2 cm³/mol. The highest BCUT2D eigenvalue weighted by Gasteiger charge is 2.33. The van der Waals surface area contributed by atoms with Crippen molar-refractivity contribution in [1.82, 2.24) is 9.88 Å². The van der Waals surface area contributed by atoms with Gasteiger partial charge >= 0.3 is 0 Å². The number of hydrogen-bond donors (Lipinski definition) is 0. The summed E-state index contributed by atoms with van der Waals surface area (Å²) in [4.78, 5) is 18.0. The molecule has 0 spiro atoms. The van der Waals surface area contributed by atoms with Crippen molar-refractivity contribution >= 4 is 29.1 Å². The SMILES string of the molecule is COCCN(C(=O)c1cc(Cl)ncc1Cl)C1CC1. The lowest BCUT2D eigenvalue weighted by atomic mass is 10.2. The Bertz CT molecular complexity index is 450. The molecule has 0 aromatic carbocycles. The van der Waals surface area contributed by atoms with E-state index in [2.05, 4.69) is 4.98 Å². The number of pyridine rings is 1. The third-order valence-electron chi connectivity index (χ3n) is 2.84. The van der Waals surface area contributed by atoms with Crippen molar-refractivity contribution in [3.05, 3.63) is 28.0 Å². The maximum Gasteiger partial charge on any atom is 0.255 e. The van der Waals surface area contributed by atoms with Gasteiger partial charge in [-0.1, -0.05) is 23.2 Å². The van der Waals surface area contributed by atoms with Crippen LogP contribution in [0.4, 0.5) is 0 Å². The largest absolute Gasteiger partial charge is 0.383 e. The molecule has 1 heterocycles. The van der Waals surface area contributed by atoms with Crippen LogP contribution in [0.5, 0.6) is 0 Å². The minimum absolute atomic E-state index is 0.108. The highest BCUT2D eigenvalue weighted by Crippen LogP contribution is 2.29. The molecule has 1 aromatic heterocycles. The van der Waals surface area contributed by atoms with Crippen LogP contribution in [-0.4, -0.2) is 42.1 Å². The normalized spacial score (nSPS) is 14.6. The van der Waals surface area contributed by atoms with Gasteiger partial charge in [0.25, 0.3) is 5.91 Å². The first-order valence-electron chi connectivity index (χ1n) is 5.74. The second kappa shape index (κ2) is 5.87. The number of carbonyl (C=O) groups is 1. The molecule has 0 radical (unpaired) electrons. The number of nitrogens with zero attached hydrogens (tertiary/aromatic N) is 2. The van der Waals surface area contributed by atoms with Gasteiger partial charge in [-0.25, -0.2) is 4.98 Å². The van der Waals surface area contributed by atoms with Crippen LogP contribution >= 0.6 is 23.2 Å². The first-order valence-corrected chi connectivity index (χ1v) is 6.50. The second-order valence-electron chi connectivity index (χ2n) is 4.21. The van der Waals surface area contributed by atoms with Crippen LogP contribution in [0.3, 0.4) is 0 Å². The van der Waals surface area contributed by atoms with Gasteiger partial charge in [0.05, 0.1) is 17.2 Å². The van der Waals surface area contributed by atoms with Crippen molar-refractivity contribution in [1.29, 1.82) is 0 Å². The number of rotatable bonds is 5. The van der Waals surface area contributed by atoms with E-state index in [1.165, 1.54) is 12.3 Å². The molecule has 18 heavy (non-hydrogen) atoms. The summed E-state index contributed by atoms with van der Waals surface area (Å²) >= 11 is 11.8. The predicted octanol–water partition coefficient (Wildman–Crippen LogP) is 2.64. The van der Waals surface area contributed by atoms with Gasteiger partial charge < -0.3 is 9.64 Å². The van der Waals surface area contributed by atoms with Crippen molar-refractivity contribution < 1.29 is 9.53 Å². The molecule has 1 aliphatic carbocycles. The molecule has 0 unspecified atom stereocenters. The number of halogens is 2. The number of amides is 1. The van der Waals surface area contributed by atoms with E-state index >= 15 is 0 Å². The van der Waals surface area contributed by atoms with E-state index in [-0.39, 0.29) is 11.1 Å². The first kappa shape index (κ1) is 13.6. The average Bonchev–Trinajstić information content (AvgIpc) is 3.17. The van der Waals surface area contributed by atoms with Crippen LogP contribution in [-0.2, 0) is 4.74 Å². The lowest BCUT2D eigenvalue weighted by molar-refractivity contribution is 0.0680. The van der Waals surface area contributed by atoms with Crippen LogP contribution in [0.1, 0.15) is 23.2 Å². The van der Waals surface area contributed by atoms with Gasteiger partial charge in [-0.3, -0.25) is 4.79 Å².